The number of ether oxygens (including phenoxy) is 2. The number of carboxylic acids is 1. The Morgan fingerprint density at radius 2 is 1.74 bits per heavy atom. The van der Waals surface area contributed by atoms with E-state index in [1.165, 1.54) is 19.2 Å². The third-order valence-corrected chi connectivity index (χ3v) is 5.62. The van der Waals surface area contributed by atoms with Gasteiger partial charge in [-0.1, -0.05) is 60.1 Å². The largest absolute Gasteiger partial charge is 0.545 e. The van der Waals surface area contributed by atoms with E-state index < -0.39 is 17.9 Å². The molecule has 9 heteroatoms. The first kappa shape index (κ1) is 24.0. The number of imide groups is 1. The third-order valence-electron chi connectivity index (χ3n) is 5.34. The van der Waals surface area contributed by atoms with E-state index in [0.29, 0.717) is 16.9 Å². The molecule has 3 amide bonds. The number of aromatic carboxylic acids is 1. The lowest BCUT2D eigenvalue weighted by Gasteiger charge is -2.15. The van der Waals surface area contributed by atoms with Crippen molar-refractivity contribution in [3.63, 3.8) is 0 Å². The van der Waals surface area contributed by atoms with Gasteiger partial charge in [-0.2, -0.15) is 4.99 Å². The van der Waals surface area contributed by atoms with Gasteiger partial charge in [-0.15, -0.1) is 0 Å². The average Bonchev–Trinajstić information content (AvgIpc) is 3.11. The van der Waals surface area contributed by atoms with E-state index in [1.54, 1.807) is 24.3 Å². The molecule has 4 rings (SSSR count). The summed E-state index contributed by atoms with van der Waals surface area (Å²) in [6, 6.07) is 18.0. The monoisotopic (exact) mass is 491 g/mol. The Bertz CT molecular complexity index is 1320. The molecule has 0 unspecified atom stereocenters. The zero-order valence-corrected chi connectivity index (χ0v) is 19.4. The van der Waals surface area contributed by atoms with Gasteiger partial charge in [-0.3, -0.25) is 9.69 Å². The van der Waals surface area contributed by atoms with Gasteiger partial charge in [0.15, 0.2) is 11.5 Å². The first-order chi connectivity index (χ1) is 16.9. The van der Waals surface area contributed by atoms with E-state index in [1.807, 2.05) is 30.3 Å². The maximum Gasteiger partial charge on any atom is 0.351 e. The zero-order valence-electron chi connectivity index (χ0n) is 18.7. The molecule has 0 fully saturated rings. The lowest BCUT2D eigenvalue weighted by Crippen LogP contribution is -2.32. The molecular weight excluding hydrogens is 472 g/mol. The number of carboxylic acid groups (broad SMARTS) is 1. The van der Waals surface area contributed by atoms with Crippen molar-refractivity contribution < 1.29 is 29.0 Å². The van der Waals surface area contributed by atoms with Crippen LogP contribution < -0.4 is 14.6 Å². The van der Waals surface area contributed by atoms with Crippen LogP contribution >= 0.6 is 11.6 Å². The van der Waals surface area contributed by atoms with E-state index in [0.717, 1.165) is 10.5 Å². The number of amides is 3. The molecule has 0 atom stereocenters. The van der Waals surface area contributed by atoms with Crippen molar-refractivity contribution in [2.24, 2.45) is 4.99 Å². The Balaban J connectivity index is 1.48. The maximum absolute atomic E-state index is 12.8. The van der Waals surface area contributed by atoms with Crippen molar-refractivity contribution in [2.45, 2.75) is 19.6 Å². The van der Waals surface area contributed by atoms with Crippen LogP contribution in [-0.4, -0.2) is 35.6 Å². The molecule has 1 heterocycles. The number of carbonyl (C=O) groups is 3. The number of carbonyl (C=O) groups excluding carboxylic acids is 3. The van der Waals surface area contributed by atoms with Gasteiger partial charge >= 0.3 is 6.03 Å². The Kier molecular flexibility index (Phi) is 7.12. The fourth-order valence-electron chi connectivity index (χ4n) is 3.64. The van der Waals surface area contributed by atoms with Crippen molar-refractivity contribution in [3.8, 4) is 11.5 Å². The van der Waals surface area contributed by atoms with Crippen molar-refractivity contribution in [2.75, 3.05) is 7.11 Å². The number of benzene rings is 3. The summed E-state index contributed by atoms with van der Waals surface area (Å²) in [4.78, 5) is 41.2. The second-order valence-corrected chi connectivity index (χ2v) is 8.19. The third kappa shape index (κ3) is 5.50. The number of methoxy groups -OCH3 is 1. The number of aliphatic imine (C=N–C) groups is 1. The van der Waals surface area contributed by atoms with Crippen molar-refractivity contribution in [3.05, 3.63) is 94.0 Å². The summed E-state index contributed by atoms with van der Waals surface area (Å²) in [5, 5.41) is 11.3. The van der Waals surface area contributed by atoms with Crippen molar-refractivity contribution >= 4 is 35.2 Å². The van der Waals surface area contributed by atoms with Crippen LogP contribution in [0.5, 0.6) is 11.5 Å². The molecule has 0 N–H and O–H groups in total. The number of nitrogens with zero attached hydrogens (tertiary/aromatic N) is 2. The van der Waals surface area contributed by atoms with Gasteiger partial charge in [0.2, 0.25) is 0 Å². The molecule has 8 nitrogen and oxygen atoms in total. The summed E-state index contributed by atoms with van der Waals surface area (Å²) in [5.74, 6) is -1.15. The van der Waals surface area contributed by atoms with Gasteiger partial charge < -0.3 is 19.4 Å². The molecule has 0 aliphatic carbocycles. The van der Waals surface area contributed by atoms with Gasteiger partial charge in [0.05, 0.1) is 24.6 Å². The first-order valence-electron chi connectivity index (χ1n) is 10.6. The standard InChI is InChI=1S/C26H21ClN2O6/c1-34-22-13-18(11-20(27)23(22)35-15-17-8-5-9-19(10-17)25(31)32)12-21-24(30)29(26(33)28-21)14-16-6-3-2-4-7-16/h2-11,13H,12,14-15H2,1H3,(H,31,32)/p-1. The van der Waals surface area contributed by atoms with Crippen LogP contribution in [0, 0.1) is 0 Å². The number of hydrogen-bond acceptors (Lipinski definition) is 6. The van der Waals surface area contributed by atoms with Crippen molar-refractivity contribution in [1.82, 2.24) is 4.90 Å². The SMILES string of the molecule is COc1cc(CC2=NC(=O)N(Cc3ccccc3)C2=O)cc(Cl)c1OCc1cccc(C(=O)[O-])c1. The molecular formula is C26H20ClN2O6-. The summed E-state index contributed by atoms with van der Waals surface area (Å²) in [7, 11) is 1.45. The topological polar surface area (TPSA) is 108 Å². The Morgan fingerprint density at radius 1 is 1.00 bits per heavy atom. The average molecular weight is 492 g/mol. The van der Waals surface area contributed by atoms with Crippen LogP contribution in [0.15, 0.2) is 71.7 Å². The number of halogens is 1. The second-order valence-electron chi connectivity index (χ2n) is 7.78. The molecule has 0 spiro atoms. The summed E-state index contributed by atoms with van der Waals surface area (Å²) in [5.41, 5.74) is 2.19. The zero-order chi connectivity index (χ0) is 24.9. The predicted octanol–water partition coefficient (Wildman–Crippen LogP) is 3.44. The predicted molar refractivity (Wildman–Crippen MR) is 127 cm³/mol. The van der Waals surface area contributed by atoms with E-state index in [9.17, 15) is 19.5 Å². The molecule has 0 radical (unpaired) electrons. The van der Waals surface area contributed by atoms with Crippen LogP contribution in [0.4, 0.5) is 4.79 Å². The first-order valence-corrected chi connectivity index (χ1v) is 11.0. The van der Waals surface area contributed by atoms with Crippen LogP contribution in [0.1, 0.15) is 27.0 Å². The minimum atomic E-state index is -1.28. The van der Waals surface area contributed by atoms with Crippen molar-refractivity contribution in [1.29, 1.82) is 0 Å². The van der Waals surface area contributed by atoms with Gasteiger partial charge in [-0.05, 0) is 40.5 Å². The fraction of sp³-hybridized carbons (Fsp3) is 0.154. The summed E-state index contributed by atoms with van der Waals surface area (Å²) in [6.45, 7) is 0.187. The quantitative estimate of drug-likeness (QED) is 0.453. The highest BCUT2D eigenvalue weighted by molar-refractivity contribution is 6.46. The molecule has 35 heavy (non-hydrogen) atoms. The molecule has 3 aromatic carbocycles. The lowest BCUT2D eigenvalue weighted by molar-refractivity contribution is -0.255. The highest BCUT2D eigenvalue weighted by Gasteiger charge is 2.33. The molecule has 0 bridgehead atoms. The highest BCUT2D eigenvalue weighted by Crippen LogP contribution is 2.37. The number of hydrogen-bond donors (Lipinski definition) is 0. The molecule has 178 valence electrons. The minimum absolute atomic E-state index is 0.0392. The summed E-state index contributed by atoms with van der Waals surface area (Å²) in [6.07, 6.45) is 0.0832. The molecule has 0 saturated heterocycles. The van der Waals surface area contributed by atoms with Crippen LogP contribution in [0.3, 0.4) is 0 Å². The Hall–Kier alpha value is -4.17. The van der Waals surface area contributed by atoms with Gasteiger partial charge in [0, 0.05) is 6.42 Å². The molecule has 1 aliphatic heterocycles. The van der Waals surface area contributed by atoms with E-state index in [4.69, 9.17) is 21.1 Å². The summed E-state index contributed by atoms with van der Waals surface area (Å²) < 4.78 is 11.2. The minimum Gasteiger partial charge on any atom is -0.545 e. The molecule has 3 aromatic rings. The van der Waals surface area contributed by atoms with Gasteiger partial charge in [-0.25, -0.2) is 4.79 Å². The van der Waals surface area contributed by atoms with E-state index >= 15 is 0 Å². The van der Waals surface area contributed by atoms with Crippen LogP contribution in [0.2, 0.25) is 5.02 Å². The smallest absolute Gasteiger partial charge is 0.351 e. The molecule has 0 aromatic heterocycles. The lowest BCUT2D eigenvalue weighted by atomic mass is 10.1. The Labute approximate surface area is 206 Å². The fourth-order valence-corrected chi connectivity index (χ4v) is 3.93. The van der Waals surface area contributed by atoms with Crippen LogP contribution in [-0.2, 0) is 24.4 Å². The normalized spacial score (nSPS) is 13.1. The highest BCUT2D eigenvalue weighted by atomic mass is 35.5. The van der Waals surface area contributed by atoms with Gasteiger partial charge in [0.25, 0.3) is 5.91 Å². The van der Waals surface area contributed by atoms with E-state index in [2.05, 4.69) is 4.99 Å². The maximum atomic E-state index is 12.8. The number of rotatable bonds is 9. The van der Waals surface area contributed by atoms with Gasteiger partial charge in [0.1, 0.15) is 12.3 Å². The van der Waals surface area contributed by atoms with E-state index in [-0.39, 0.29) is 41.6 Å². The second kappa shape index (κ2) is 10.4. The number of urea groups is 1. The summed E-state index contributed by atoms with van der Waals surface area (Å²) >= 11 is 6.44. The molecule has 0 saturated carbocycles. The molecule has 1 aliphatic rings. The Morgan fingerprint density at radius 3 is 2.46 bits per heavy atom. The van der Waals surface area contributed by atoms with Crippen LogP contribution in [0.25, 0.3) is 0 Å².